The van der Waals surface area contributed by atoms with Gasteiger partial charge in [-0.1, -0.05) is 37.6 Å². The number of ether oxygens (including phenoxy) is 9. The zero-order valence-corrected chi connectivity index (χ0v) is 37.5. The van der Waals surface area contributed by atoms with Crippen molar-refractivity contribution in [1.29, 1.82) is 0 Å². The van der Waals surface area contributed by atoms with Gasteiger partial charge in [-0.25, -0.2) is 4.79 Å². The molecule has 4 N–H and O–H groups in total. The van der Waals surface area contributed by atoms with Crippen molar-refractivity contribution in [2.45, 2.75) is 227 Å². The van der Waals surface area contributed by atoms with E-state index in [1.165, 1.54) is 0 Å². The highest BCUT2D eigenvalue weighted by Crippen LogP contribution is 2.56. The van der Waals surface area contributed by atoms with Crippen LogP contribution in [0.5, 0.6) is 0 Å². The number of hydrogen-bond acceptors (Lipinski definition) is 15. The second-order valence-corrected chi connectivity index (χ2v) is 21.1. The van der Waals surface area contributed by atoms with Crippen LogP contribution in [-0.4, -0.2) is 140 Å². The van der Waals surface area contributed by atoms with Crippen LogP contribution in [0.15, 0.2) is 23.8 Å². The first-order valence-corrected chi connectivity index (χ1v) is 23.5. The molecule has 8 fully saturated rings. The highest BCUT2D eigenvalue weighted by molar-refractivity contribution is 5.87. The van der Waals surface area contributed by atoms with Gasteiger partial charge in [-0.15, -0.1) is 0 Å². The average molecular weight is 889 g/mol. The Balaban J connectivity index is 1.04. The molecule has 0 amide bonds. The molecule has 0 aromatic rings. The zero-order valence-electron chi connectivity index (χ0n) is 37.5. The van der Waals surface area contributed by atoms with Crippen LogP contribution in [0.4, 0.5) is 0 Å². The number of allylic oxidation sites excluding steroid dienone is 3. The SMILES string of the molecule is CC1=C\[C@H](C)C[C@@]2(C)CC[C@@H](O2)[C@@]23CC[C@](C(=O)O)(C[C@@H](O2)C2O[C@](C)(CC2=O)[C@H]2O[C@@]4(CCC[C@H](O4)[C@@H](C)C(=O)O[C@@H]4C[C@H]([C@]5(O)OCCC(C)[C@H]5O)O[C@H]4\C=C\1)CC[C@@H]2O)O3. The van der Waals surface area contributed by atoms with Crippen LogP contribution in [0.3, 0.4) is 0 Å². The second kappa shape index (κ2) is 16.5. The number of ketones is 1. The summed E-state index contributed by atoms with van der Waals surface area (Å²) in [6, 6.07) is 0. The van der Waals surface area contributed by atoms with Gasteiger partial charge >= 0.3 is 11.9 Å². The Labute approximate surface area is 369 Å². The molecule has 9 aliphatic heterocycles. The summed E-state index contributed by atoms with van der Waals surface area (Å²) in [6.45, 7) is 11.7. The summed E-state index contributed by atoms with van der Waals surface area (Å²) in [6.07, 6.45) is 1.94. The Morgan fingerprint density at radius 3 is 2.41 bits per heavy atom. The summed E-state index contributed by atoms with van der Waals surface area (Å²) in [7, 11) is 0. The fourth-order valence-electron chi connectivity index (χ4n) is 12.5. The van der Waals surface area contributed by atoms with E-state index in [4.69, 9.17) is 42.6 Å². The van der Waals surface area contributed by atoms with Gasteiger partial charge < -0.3 is 63.1 Å². The maximum absolute atomic E-state index is 14.1. The fourth-order valence-corrected chi connectivity index (χ4v) is 12.5. The van der Waals surface area contributed by atoms with E-state index in [0.29, 0.717) is 57.8 Å². The zero-order chi connectivity index (χ0) is 44.9. The molecule has 0 aromatic carbocycles. The van der Waals surface area contributed by atoms with Crippen LogP contribution in [0.1, 0.15) is 131 Å². The molecule has 352 valence electrons. The van der Waals surface area contributed by atoms with Crippen LogP contribution < -0.4 is 0 Å². The third-order valence-electron chi connectivity index (χ3n) is 16.0. The van der Waals surface area contributed by atoms with Gasteiger partial charge in [0.15, 0.2) is 23.0 Å². The number of carbonyl (C=O) groups is 3. The summed E-state index contributed by atoms with van der Waals surface area (Å²) in [5.41, 5.74) is -2.58. The number of carbonyl (C=O) groups excluding carboxylic acids is 2. The van der Waals surface area contributed by atoms with E-state index >= 15 is 0 Å². The maximum atomic E-state index is 14.1. The highest BCUT2D eigenvalue weighted by Gasteiger charge is 2.68. The van der Waals surface area contributed by atoms with Gasteiger partial charge in [0.1, 0.15) is 48.3 Å². The number of carboxylic acids is 1. The van der Waals surface area contributed by atoms with Gasteiger partial charge in [0, 0.05) is 38.5 Å². The van der Waals surface area contributed by atoms with Gasteiger partial charge in [-0.2, -0.15) is 0 Å². The Morgan fingerprint density at radius 1 is 0.841 bits per heavy atom. The van der Waals surface area contributed by atoms with E-state index < -0.39 is 113 Å². The molecular weight excluding hydrogens is 821 g/mol. The lowest BCUT2D eigenvalue weighted by Crippen LogP contribution is -2.61. The van der Waals surface area contributed by atoms with E-state index in [1.54, 1.807) is 13.8 Å². The van der Waals surface area contributed by atoms with Gasteiger partial charge in [-0.05, 0) is 90.9 Å². The molecule has 2 spiro atoms. The summed E-state index contributed by atoms with van der Waals surface area (Å²) >= 11 is 0. The summed E-state index contributed by atoms with van der Waals surface area (Å²) in [4.78, 5) is 41.2. The van der Waals surface area contributed by atoms with Crippen LogP contribution in [0.25, 0.3) is 0 Å². The number of Topliss-reactive ketones (excluding diaryl/α,β-unsaturated/α-hetero) is 1. The van der Waals surface area contributed by atoms with E-state index in [2.05, 4.69) is 13.0 Å². The quantitative estimate of drug-likeness (QED) is 0.224. The van der Waals surface area contributed by atoms with Gasteiger partial charge in [0.2, 0.25) is 5.79 Å². The van der Waals surface area contributed by atoms with Crippen molar-refractivity contribution in [3.63, 3.8) is 0 Å². The summed E-state index contributed by atoms with van der Waals surface area (Å²) in [5, 5.41) is 45.0. The molecule has 9 aliphatic rings. The first-order chi connectivity index (χ1) is 29.7. The number of carboxylic acid groups (broad SMARTS) is 1. The minimum atomic E-state index is -1.99. The lowest BCUT2D eigenvalue weighted by molar-refractivity contribution is -0.368. The number of fused-ring (bicyclic) bond motifs is 11. The molecule has 16 heteroatoms. The lowest BCUT2D eigenvalue weighted by Gasteiger charge is -2.51. The monoisotopic (exact) mass is 888 g/mol. The van der Waals surface area contributed by atoms with Crippen molar-refractivity contribution in [2.75, 3.05) is 6.61 Å². The largest absolute Gasteiger partial charge is 0.479 e. The smallest absolute Gasteiger partial charge is 0.336 e. The van der Waals surface area contributed by atoms with Crippen molar-refractivity contribution < 1.29 is 77.4 Å². The molecule has 10 bridgehead atoms. The molecule has 9 rings (SSSR count). The van der Waals surface area contributed by atoms with Crippen molar-refractivity contribution >= 4 is 17.7 Å². The van der Waals surface area contributed by atoms with Crippen molar-refractivity contribution in [2.24, 2.45) is 17.8 Å². The Morgan fingerprint density at radius 2 is 1.63 bits per heavy atom. The van der Waals surface area contributed by atoms with E-state index in [1.807, 2.05) is 32.9 Å². The van der Waals surface area contributed by atoms with Crippen LogP contribution in [0, 0.1) is 17.8 Å². The Hall–Kier alpha value is -2.35. The number of esters is 1. The molecule has 0 radical (unpaired) electrons. The molecule has 9 heterocycles. The minimum absolute atomic E-state index is 0.0330. The molecule has 8 saturated heterocycles. The topological polar surface area (TPSA) is 215 Å². The molecule has 0 aliphatic carbocycles. The summed E-state index contributed by atoms with van der Waals surface area (Å²) < 4.78 is 58.7. The van der Waals surface area contributed by atoms with Crippen molar-refractivity contribution in [3.05, 3.63) is 23.8 Å². The third kappa shape index (κ3) is 8.18. The molecule has 19 atom stereocenters. The van der Waals surface area contributed by atoms with E-state index in [0.717, 1.165) is 5.57 Å². The first kappa shape index (κ1) is 45.8. The highest BCUT2D eigenvalue weighted by atomic mass is 16.8. The predicted octanol–water partition coefficient (Wildman–Crippen LogP) is 4.32. The molecule has 0 saturated carbocycles. The number of aliphatic carboxylic acids is 1. The number of hydrogen-bond donors (Lipinski definition) is 4. The van der Waals surface area contributed by atoms with Crippen molar-refractivity contribution in [3.8, 4) is 0 Å². The predicted molar refractivity (Wildman–Crippen MR) is 220 cm³/mol. The molecular formula is C47H68O16. The average Bonchev–Trinajstić information content (AvgIpc) is 3.99. The molecule has 0 aromatic heterocycles. The number of aliphatic hydroxyl groups excluding tert-OH is 2. The molecule has 16 nitrogen and oxygen atoms in total. The minimum Gasteiger partial charge on any atom is -0.479 e. The maximum Gasteiger partial charge on any atom is 0.336 e. The van der Waals surface area contributed by atoms with Crippen molar-refractivity contribution in [1.82, 2.24) is 0 Å². The van der Waals surface area contributed by atoms with Crippen LogP contribution in [-0.2, 0) is 57.0 Å². The molecule has 63 heavy (non-hydrogen) atoms. The normalized spacial score (nSPS) is 54.2. The van der Waals surface area contributed by atoms with Gasteiger partial charge in [-0.3, -0.25) is 9.59 Å². The van der Waals surface area contributed by atoms with E-state index in [-0.39, 0.29) is 56.3 Å². The van der Waals surface area contributed by atoms with Gasteiger partial charge in [0.05, 0.1) is 36.4 Å². The molecule has 2 unspecified atom stereocenters. The van der Waals surface area contributed by atoms with Crippen LogP contribution >= 0.6 is 0 Å². The summed E-state index contributed by atoms with van der Waals surface area (Å²) in [5.74, 6) is -7.44. The Bertz CT molecular complexity index is 1860. The fraction of sp³-hybridized carbons (Fsp3) is 0.851. The standard InChI is InChI=1S/C47H68O16/c1-25-9-10-32-33(21-36(56-32)47(54)38(50)27(3)13-19-55-47)57-40(51)28(4)31-8-7-14-45(58-31)16-11-29(48)39(62-45)43(6)23-30(49)37(61-43)34-24-44(41(52)53)17-18-46(59-34,63-44)35-12-15-42(5,60-35)22-26(2)20-25/h9-10,20,26-29,31-39,48,50,54H,7-8,11-19,21-24H2,1-6H3,(H,52,53)/b10-9+,25-20+/t26-,27?,28+,29-,31-,32-,33+,34+,35+,36+,37?,38+,39-,42+,43+,44+,45-,46-,47-/m0/s1. The third-order valence-corrected chi connectivity index (χ3v) is 16.0. The van der Waals surface area contributed by atoms with Gasteiger partial charge in [0.25, 0.3) is 0 Å². The van der Waals surface area contributed by atoms with Crippen LogP contribution in [0.2, 0.25) is 0 Å². The second-order valence-electron chi connectivity index (χ2n) is 21.1. The number of aliphatic hydroxyl groups is 3. The Kier molecular flexibility index (Phi) is 12.0. The number of rotatable bonds is 2. The lowest BCUT2D eigenvalue weighted by atomic mass is 9.83. The first-order valence-electron chi connectivity index (χ1n) is 23.5. The van der Waals surface area contributed by atoms with E-state index in [9.17, 15) is 34.8 Å².